The van der Waals surface area contributed by atoms with E-state index in [1.165, 1.54) is 11.8 Å². The molecule has 0 radical (unpaired) electrons. The highest BCUT2D eigenvalue weighted by Gasteiger charge is 2.38. The van der Waals surface area contributed by atoms with Crippen molar-refractivity contribution in [3.63, 3.8) is 0 Å². The van der Waals surface area contributed by atoms with Crippen molar-refractivity contribution in [2.45, 2.75) is 18.5 Å². The number of carbonyl (C=O) groups is 2. The van der Waals surface area contributed by atoms with Crippen LogP contribution in [0.15, 0.2) is 48.5 Å². The summed E-state index contributed by atoms with van der Waals surface area (Å²) in [5.41, 5.74) is 2.57. The molecule has 2 N–H and O–H groups in total. The molecule has 31 heavy (non-hydrogen) atoms. The van der Waals surface area contributed by atoms with Crippen molar-refractivity contribution in [1.29, 1.82) is 0 Å². The lowest BCUT2D eigenvalue weighted by molar-refractivity contribution is -0.142. The highest BCUT2D eigenvalue weighted by Crippen LogP contribution is 2.29. The highest BCUT2D eigenvalue weighted by molar-refractivity contribution is 8.00. The van der Waals surface area contributed by atoms with Crippen molar-refractivity contribution in [2.75, 3.05) is 25.0 Å². The van der Waals surface area contributed by atoms with Crippen LogP contribution in [0.4, 0.5) is 0 Å². The van der Waals surface area contributed by atoms with Crippen LogP contribution in [-0.2, 0) is 26.0 Å². The number of nitrogens with zero attached hydrogens (tertiary/aromatic N) is 1. The third-order valence-corrected chi connectivity index (χ3v) is 7.41. The molecular formula is C21H24N2O6S2. The first kappa shape index (κ1) is 23.1. The minimum absolute atomic E-state index is 0.0754. The third-order valence-electron chi connectivity index (χ3n) is 5.00. The predicted molar refractivity (Wildman–Crippen MR) is 119 cm³/mol. The molecule has 0 aliphatic carbocycles. The van der Waals surface area contributed by atoms with Crippen LogP contribution >= 0.6 is 11.8 Å². The third kappa shape index (κ3) is 5.57. The number of aliphatic carboxylic acids is 1. The lowest BCUT2D eigenvalue weighted by Gasteiger charge is -2.23. The second-order valence-corrected chi connectivity index (χ2v) is 10.1. The quantitative estimate of drug-likeness (QED) is 0.613. The van der Waals surface area contributed by atoms with Gasteiger partial charge < -0.3 is 15.2 Å². The van der Waals surface area contributed by atoms with Gasteiger partial charge in [0.25, 0.3) is 0 Å². The molecule has 1 aliphatic rings. The van der Waals surface area contributed by atoms with Crippen LogP contribution in [0.5, 0.6) is 5.75 Å². The minimum Gasteiger partial charge on any atom is -0.496 e. The van der Waals surface area contributed by atoms with Gasteiger partial charge in [-0.25, -0.2) is 13.2 Å². The highest BCUT2D eigenvalue weighted by atomic mass is 32.2. The Morgan fingerprint density at radius 1 is 1.23 bits per heavy atom. The topological polar surface area (TPSA) is 113 Å². The number of rotatable bonds is 8. The fraction of sp³-hybridized carbons (Fsp3) is 0.333. The van der Waals surface area contributed by atoms with Crippen molar-refractivity contribution in [3.8, 4) is 16.9 Å². The average molecular weight is 465 g/mol. The van der Waals surface area contributed by atoms with Crippen LogP contribution in [0.3, 0.4) is 0 Å². The van der Waals surface area contributed by atoms with Gasteiger partial charge in [-0.2, -0.15) is 4.31 Å². The SMILES string of the molecule is COc1ccccc1-c1ccc(C[C@H](NC(=O)[C@@H]2CSCN2S(C)(=O)=O)C(=O)O)cc1. The number of ether oxygens (including phenoxy) is 1. The Hall–Kier alpha value is -2.56. The van der Waals surface area contributed by atoms with E-state index in [0.29, 0.717) is 5.75 Å². The van der Waals surface area contributed by atoms with Gasteiger partial charge in [0.05, 0.1) is 19.2 Å². The van der Waals surface area contributed by atoms with Crippen molar-refractivity contribution in [3.05, 3.63) is 54.1 Å². The first-order valence-corrected chi connectivity index (χ1v) is 12.5. The van der Waals surface area contributed by atoms with Gasteiger partial charge in [0, 0.05) is 17.7 Å². The Morgan fingerprint density at radius 3 is 2.52 bits per heavy atom. The molecule has 0 aromatic heterocycles. The van der Waals surface area contributed by atoms with E-state index in [-0.39, 0.29) is 12.3 Å². The lowest BCUT2D eigenvalue weighted by atomic mass is 10.00. The Kier molecular flexibility index (Phi) is 7.24. The summed E-state index contributed by atoms with van der Waals surface area (Å²) in [6.45, 7) is 0. The van der Waals surface area contributed by atoms with E-state index >= 15 is 0 Å². The number of carboxylic acid groups (broad SMARTS) is 1. The van der Waals surface area contributed by atoms with Gasteiger partial charge in [0.2, 0.25) is 15.9 Å². The first-order valence-electron chi connectivity index (χ1n) is 9.50. The molecule has 2 atom stereocenters. The molecule has 0 saturated carbocycles. The normalized spacial score (nSPS) is 17.8. The van der Waals surface area contributed by atoms with Gasteiger partial charge in [-0.15, -0.1) is 11.8 Å². The molecule has 10 heteroatoms. The molecule has 1 saturated heterocycles. The molecular weight excluding hydrogens is 440 g/mol. The largest absolute Gasteiger partial charge is 0.496 e. The zero-order valence-corrected chi connectivity index (χ0v) is 18.8. The first-order chi connectivity index (χ1) is 14.7. The number of benzene rings is 2. The Balaban J connectivity index is 1.72. The van der Waals surface area contributed by atoms with E-state index in [2.05, 4.69) is 5.32 Å². The predicted octanol–water partition coefficient (Wildman–Crippen LogP) is 1.81. The van der Waals surface area contributed by atoms with Crippen LogP contribution in [-0.4, -0.2) is 66.8 Å². The number of thioether (sulfide) groups is 1. The summed E-state index contributed by atoms with van der Waals surface area (Å²) in [5.74, 6) is -0.583. The van der Waals surface area contributed by atoms with Crippen molar-refractivity contribution in [1.82, 2.24) is 9.62 Å². The standard InChI is InChI=1S/C21H24N2O6S2/c1-29-19-6-4-3-5-16(19)15-9-7-14(8-10-15)11-17(21(25)26)22-20(24)18-12-30-13-23(18)31(2,27)28/h3-10,17-18H,11-13H2,1-2H3,(H,22,24)(H,25,26)/t17-,18-/m0/s1. The van der Waals surface area contributed by atoms with Gasteiger partial charge in [-0.1, -0.05) is 42.5 Å². The average Bonchev–Trinajstić information content (AvgIpc) is 3.24. The van der Waals surface area contributed by atoms with E-state index < -0.39 is 34.0 Å². The van der Waals surface area contributed by atoms with Gasteiger partial charge in [0.15, 0.2) is 0 Å². The van der Waals surface area contributed by atoms with Crippen LogP contribution in [0.25, 0.3) is 11.1 Å². The zero-order chi connectivity index (χ0) is 22.6. The lowest BCUT2D eigenvalue weighted by Crippen LogP contribution is -2.52. The van der Waals surface area contributed by atoms with Gasteiger partial charge in [-0.3, -0.25) is 4.79 Å². The monoisotopic (exact) mass is 464 g/mol. The van der Waals surface area contributed by atoms with Crippen molar-refractivity contribution in [2.24, 2.45) is 0 Å². The van der Waals surface area contributed by atoms with Crippen molar-refractivity contribution < 1.29 is 27.9 Å². The zero-order valence-electron chi connectivity index (χ0n) is 17.1. The summed E-state index contributed by atoms with van der Waals surface area (Å²) >= 11 is 1.32. The van der Waals surface area contributed by atoms with E-state index in [0.717, 1.165) is 33.0 Å². The molecule has 166 valence electrons. The van der Waals surface area contributed by atoms with E-state index in [1.54, 1.807) is 19.2 Å². The molecule has 8 nitrogen and oxygen atoms in total. The molecule has 1 fully saturated rings. The molecule has 1 amide bonds. The van der Waals surface area contributed by atoms with Gasteiger partial charge in [-0.05, 0) is 17.2 Å². The summed E-state index contributed by atoms with van der Waals surface area (Å²) in [6.07, 6.45) is 1.11. The number of carboxylic acids is 1. The molecule has 2 aromatic rings. The summed E-state index contributed by atoms with van der Waals surface area (Å²) in [4.78, 5) is 24.3. The van der Waals surface area contributed by atoms with Crippen LogP contribution in [0.1, 0.15) is 5.56 Å². The second kappa shape index (κ2) is 9.71. The number of amides is 1. The van der Waals surface area contributed by atoms with E-state index in [1.807, 2.05) is 36.4 Å². The van der Waals surface area contributed by atoms with E-state index in [4.69, 9.17) is 4.74 Å². The molecule has 1 aliphatic heterocycles. The Bertz CT molecular complexity index is 1060. The second-order valence-electron chi connectivity index (χ2n) is 7.17. The molecule has 0 bridgehead atoms. The molecule has 3 rings (SSSR count). The molecule has 2 aromatic carbocycles. The number of hydrogen-bond acceptors (Lipinski definition) is 6. The maximum Gasteiger partial charge on any atom is 0.326 e. The fourth-order valence-electron chi connectivity index (χ4n) is 3.37. The van der Waals surface area contributed by atoms with Gasteiger partial charge >= 0.3 is 5.97 Å². The van der Waals surface area contributed by atoms with E-state index in [9.17, 15) is 23.1 Å². The maximum absolute atomic E-state index is 12.6. The number of para-hydroxylation sites is 1. The summed E-state index contributed by atoms with van der Waals surface area (Å²) in [7, 11) is -1.96. The Labute approximate surface area is 185 Å². The van der Waals surface area contributed by atoms with Crippen LogP contribution in [0, 0.1) is 0 Å². The number of sulfonamides is 1. The van der Waals surface area contributed by atoms with Gasteiger partial charge in [0.1, 0.15) is 17.8 Å². The number of carbonyl (C=O) groups excluding carboxylic acids is 1. The van der Waals surface area contributed by atoms with Crippen molar-refractivity contribution >= 4 is 33.7 Å². The molecule has 0 spiro atoms. The molecule has 0 unspecified atom stereocenters. The molecule has 1 heterocycles. The summed E-state index contributed by atoms with van der Waals surface area (Å²) in [5, 5.41) is 12.1. The fourth-order valence-corrected chi connectivity index (χ4v) is 6.10. The van der Waals surface area contributed by atoms with Crippen LogP contribution < -0.4 is 10.1 Å². The Morgan fingerprint density at radius 2 is 1.90 bits per heavy atom. The number of hydrogen-bond donors (Lipinski definition) is 2. The number of nitrogens with one attached hydrogen (secondary N) is 1. The summed E-state index contributed by atoms with van der Waals surface area (Å²) < 4.78 is 30.2. The van der Waals surface area contributed by atoms with Crippen LogP contribution in [0.2, 0.25) is 0 Å². The smallest absolute Gasteiger partial charge is 0.326 e. The maximum atomic E-state index is 12.6. The minimum atomic E-state index is -3.55. The number of methoxy groups -OCH3 is 1. The summed E-state index contributed by atoms with van der Waals surface area (Å²) in [6, 6.07) is 12.8.